The van der Waals surface area contributed by atoms with E-state index in [1.165, 1.54) is 31.2 Å². The minimum Gasteiger partial charge on any atom is -0.326 e. The van der Waals surface area contributed by atoms with E-state index in [0.717, 1.165) is 0 Å². The Morgan fingerprint density at radius 2 is 1.18 bits per heavy atom. The molecule has 0 radical (unpaired) electrons. The SMILES string of the molecule is CCN(CC(=O)Nc1ccc(F)cc1)CC(=O)Nc1ccc(NC(C)=O)cc1. The highest BCUT2D eigenvalue weighted by Crippen LogP contribution is 2.13. The minimum atomic E-state index is -0.380. The third kappa shape index (κ3) is 7.16. The van der Waals surface area contributed by atoms with E-state index >= 15 is 0 Å². The molecule has 8 heteroatoms. The van der Waals surface area contributed by atoms with Gasteiger partial charge in [0.05, 0.1) is 13.1 Å². The average molecular weight is 386 g/mol. The third-order valence-corrected chi connectivity index (χ3v) is 3.80. The van der Waals surface area contributed by atoms with Gasteiger partial charge in [0.1, 0.15) is 5.82 Å². The molecule has 148 valence electrons. The monoisotopic (exact) mass is 386 g/mol. The Kier molecular flexibility index (Phi) is 7.65. The predicted octanol–water partition coefficient (Wildman–Crippen LogP) is 2.68. The second-order valence-corrected chi connectivity index (χ2v) is 6.17. The molecule has 0 heterocycles. The molecule has 3 amide bonds. The third-order valence-electron chi connectivity index (χ3n) is 3.80. The number of rotatable bonds is 8. The molecule has 0 saturated heterocycles. The molecule has 0 bridgehead atoms. The average Bonchev–Trinajstić information content (AvgIpc) is 2.64. The fourth-order valence-corrected chi connectivity index (χ4v) is 2.46. The topological polar surface area (TPSA) is 90.5 Å². The molecular weight excluding hydrogens is 363 g/mol. The molecule has 0 aromatic heterocycles. The lowest BCUT2D eigenvalue weighted by molar-refractivity contribution is -0.120. The van der Waals surface area contributed by atoms with Crippen LogP contribution >= 0.6 is 0 Å². The number of anilines is 3. The summed E-state index contributed by atoms with van der Waals surface area (Å²) in [6, 6.07) is 12.2. The summed E-state index contributed by atoms with van der Waals surface area (Å²) in [6.07, 6.45) is 0. The zero-order valence-electron chi connectivity index (χ0n) is 15.8. The molecule has 0 aliphatic heterocycles. The quantitative estimate of drug-likeness (QED) is 0.651. The molecule has 0 aliphatic rings. The molecular formula is C20H23FN4O3. The molecule has 0 spiro atoms. The smallest absolute Gasteiger partial charge is 0.238 e. The molecule has 0 unspecified atom stereocenters. The Hall–Kier alpha value is -3.26. The van der Waals surface area contributed by atoms with Gasteiger partial charge < -0.3 is 16.0 Å². The molecule has 0 aliphatic carbocycles. The Balaban J connectivity index is 1.83. The molecule has 0 fully saturated rings. The van der Waals surface area contributed by atoms with Gasteiger partial charge in [-0.3, -0.25) is 19.3 Å². The van der Waals surface area contributed by atoms with Crippen molar-refractivity contribution in [3.05, 3.63) is 54.3 Å². The number of likely N-dealkylation sites (N-methyl/N-ethyl adjacent to an activating group) is 1. The van der Waals surface area contributed by atoms with Crippen molar-refractivity contribution >= 4 is 34.8 Å². The van der Waals surface area contributed by atoms with Gasteiger partial charge in [-0.25, -0.2) is 4.39 Å². The van der Waals surface area contributed by atoms with Crippen molar-refractivity contribution in [2.45, 2.75) is 13.8 Å². The van der Waals surface area contributed by atoms with Crippen LogP contribution in [0.5, 0.6) is 0 Å². The second-order valence-electron chi connectivity index (χ2n) is 6.17. The summed E-state index contributed by atoms with van der Waals surface area (Å²) >= 11 is 0. The number of nitrogens with one attached hydrogen (secondary N) is 3. The first-order valence-electron chi connectivity index (χ1n) is 8.81. The molecule has 28 heavy (non-hydrogen) atoms. The van der Waals surface area contributed by atoms with Gasteiger partial charge in [-0.15, -0.1) is 0 Å². The molecule has 0 atom stereocenters. The number of amides is 3. The molecule has 3 N–H and O–H groups in total. The summed E-state index contributed by atoms with van der Waals surface area (Å²) in [5, 5.41) is 8.06. The summed E-state index contributed by atoms with van der Waals surface area (Å²) in [7, 11) is 0. The normalized spacial score (nSPS) is 10.4. The number of hydrogen-bond donors (Lipinski definition) is 3. The largest absolute Gasteiger partial charge is 0.326 e. The fourth-order valence-electron chi connectivity index (χ4n) is 2.46. The fraction of sp³-hybridized carbons (Fsp3) is 0.250. The van der Waals surface area contributed by atoms with Crippen LogP contribution in [0.3, 0.4) is 0 Å². The van der Waals surface area contributed by atoms with Crippen LogP contribution in [0, 0.1) is 5.82 Å². The molecule has 2 rings (SSSR count). The Labute approximate surface area is 162 Å². The van der Waals surface area contributed by atoms with Crippen molar-refractivity contribution in [1.29, 1.82) is 0 Å². The van der Waals surface area contributed by atoms with Gasteiger partial charge in [-0.2, -0.15) is 0 Å². The van der Waals surface area contributed by atoms with E-state index in [4.69, 9.17) is 0 Å². The van der Waals surface area contributed by atoms with Gasteiger partial charge in [-0.1, -0.05) is 6.92 Å². The maximum Gasteiger partial charge on any atom is 0.238 e. The van der Waals surface area contributed by atoms with Crippen LogP contribution in [0.25, 0.3) is 0 Å². The standard InChI is InChI=1S/C20H23FN4O3/c1-3-25(12-19(27)23-17-6-4-15(21)5-7-17)13-20(28)24-18-10-8-16(9-11-18)22-14(2)26/h4-11H,3,12-13H2,1-2H3,(H,22,26)(H,23,27)(H,24,28). The predicted molar refractivity (Wildman–Crippen MR) is 107 cm³/mol. The zero-order valence-corrected chi connectivity index (χ0v) is 15.8. The Bertz CT molecular complexity index is 822. The first kappa shape index (κ1) is 21.0. The first-order valence-corrected chi connectivity index (χ1v) is 8.81. The lowest BCUT2D eigenvalue weighted by Gasteiger charge is -2.19. The van der Waals surface area contributed by atoms with Gasteiger partial charge in [0.2, 0.25) is 17.7 Å². The summed E-state index contributed by atoms with van der Waals surface area (Å²) in [6.45, 7) is 3.84. The van der Waals surface area contributed by atoms with Crippen LogP contribution in [0.2, 0.25) is 0 Å². The van der Waals surface area contributed by atoms with Gasteiger partial charge >= 0.3 is 0 Å². The maximum atomic E-state index is 12.9. The van der Waals surface area contributed by atoms with Crippen LogP contribution in [0.15, 0.2) is 48.5 Å². The van der Waals surface area contributed by atoms with Crippen LogP contribution in [0.4, 0.5) is 21.5 Å². The number of hydrogen-bond acceptors (Lipinski definition) is 4. The first-order chi connectivity index (χ1) is 13.4. The van der Waals surface area contributed by atoms with Crippen LogP contribution in [-0.4, -0.2) is 42.3 Å². The number of benzene rings is 2. The summed E-state index contributed by atoms with van der Waals surface area (Å²) in [4.78, 5) is 37.0. The highest BCUT2D eigenvalue weighted by atomic mass is 19.1. The van der Waals surface area contributed by atoms with Crippen molar-refractivity contribution in [1.82, 2.24) is 4.90 Å². The number of nitrogens with zero attached hydrogens (tertiary/aromatic N) is 1. The maximum absolute atomic E-state index is 12.9. The van der Waals surface area contributed by atoms with E-state index in [1.54, 1.807) is 29.2 Å². The molecule has 0 saturated carbocycles. The lowest BCUT2D eigenvalue weighted by Crippen LogP contribution is -2.38. The minimum absolute atomic E-state index is 0.0305. The van der Waals surface area contributed by atoms with E-state index in [2.05, 4.69) is 16.0 Å². The number of carbonyl (C=O) groups is 3. The van der Waals surface area contributed by atoms with E-state index in [-0.39, 0.29) is 36.6 Å². The highest BCUT2D eigenvalue weighted by Gasteiger charge is 2.13. The summed E-state index contributed by atoms with van der Waals surface area (Å²) < 4.78 is 12.9. The highest BCUT2D eigenvalue weighted by molar-refractivity contribution is 5.95. The van der Waals surface area contributed by atoms with Crippen molar-refractivity contribution < 1.29 is 18.8 Å². The number of halogens is 1. The van der Waals surface area contributed by atoms with E-state index in [9.17, 15) is 18.8 Å². The van der Waals surface area contributed by atoms with Crippen molar-refractivity contribution in [2.24, 2.45) is 0 Å². The van der Waals surface area contributed by atoms with Gasteiger partial charge in [0.25, 0.3) is 0 Å². The number of carbonyl (C=O) groups excluding carboxylic acids is 3. The van der Waals surface area contributed by atoms with E-state index in [0.29, 0.717) is 23.6 Å². The zero-order chi connectivity index (χ0) is 20.5. The summed E-state index contributed by atoms with van der Waals surface area (Å²) in [5.74, 6) is -1.10. The second kappa shape index (κ2) is 10.2. The van der Waals surface area contributed by atoms with Crippen molar-refractivity contribution in [3.63, 3.8) is 0 Å². The van der Waals surface area contributed by atoms with Crippen LogP contribution in [0.1, 0.15) is 13.8 Å². The summed E-state index contributed by atoms with van der Waals surface area (Å²) in [5.41, 5.74) is 1.72. The van der Waals surface area contributed by atoms with Gasteiger partial charge in [-0.05, 0) is 55.1 Å². The van der Waals surface area contributed by atoms with Crippen LogP contribution < -0.4 is 16.0 Å². The van der Waals surface area contributed by atoms with E-state index in [1.807, 2.05) is 6.92 Å². The van der Waals surface area contributed by atoms with Crippen LogP contribution in [-0.2, 0) is 14.4 Å². The van der Waals surface area contributed by atoms with Crippen molar-refractivity contribution in [3.8, 4) is 0 Å². The van der Waals surface area contributed by atoms with Crippen molar-refractivity contribution in [2.75, 3.05) is 35.6 Å². The molecule has 7 nitrogen and oxygen atoms in total. The molecule has 2 aromatic carbocycles. The van der Waals surface area contributed by atoms with Gasteiger partial charge in [0, 0.05) is 24.0 Å². The Morgan fingerprint density at radius 3 is 1.57 bits per heavy atom. The van der Waals surface area contributed by atoms with Gasteiger partial charge in [0.15, 0.2) is 0 Å². The lowest BCUT2D eigenvalue weighted by atomic mass is 10.2. The molecule has 2 aromatic rings. The van der Waals surface area contributed by atoms with E-state index < -0.39 is 0 Å². The Morgan fingerprint density at radius 1 is 0.786 bits per heavy atom.